The Morgan fingerprint density at radius 1 is 0.848 bits per heavy atom. The number of hydrogen-bond acceptors (Lipinski definition) is 8. The lowest BCUT2D eigenvalue weighted by molar-refractivity contribution is 1.12. The molecular formula is C24H17N7S2. The van der Waals surface area contributed by atoms with Crippen molar-refractivity contribution in [1.82, 2.24) is 25.1 Å². The Morgan fingerprint density at radius 3 is 2.70 bits per heavy atom. The van der Waals surface area contributed by atoms with Crippen molar-refractivity contribution in [2.24, 2.45) is 0 Å². The van der Waals surface area contributed by atoms with Crippen LogP contribution in [0.1, 0.15) is 0 Å². The molecule has 6 rings (SSSR count). The van der Waals surface area contributed by atoms with Gasteiger partial charge in [-0.1, -0.05) is 17.8 Å². The number of anilines is 4. The highest BCUT2D eigenvalue weighted by molar-refractivity contribution is 7.99. The van der Waals surface area contributed by atoms with E-state index in [-0.39, 0.29) is 0 Å². The lowest BCUT2D eigenvalue weighted by Crippen LogP contribution is -2.01. The van der Waals surface area contributed by atoms with Gasteiger partial charge in [0.25, 0.3) is 0 Å². The number of fused-ring (bicyclic) bond motifs is 2. The number of rotatable bonds is 6. The number of H-pyrrole nitrogens is 1. The zero-order valence-corrected chi connectivity index (χ0v) is 18.8. The minimum Gasteiger partial charge on any atom is -0.339 e. The molecular weight excluding hydrogens is 450 g/mol. The Bertz CT molecular complexity index is 1560. The molecule has 2 aromatic carbocycles. The molecule has 0 radical (unpaired) electrons. The predicted octanol–water partition coefficient (Wildman–Crippen LogP) is 6.60. The van der Waals surface area contributed by atoms with Crippen molar-refractivity contribution in [2.75, 3.05) is 10.6 Å². The van der Waals surface area contributed by atoms with Gasteiger partial charge in [-0.25, -0.2) is 4.98 Å². The van der Waals surface area contributed by atoms with Gasteiger partial charge in [0.15, 0.2) is 5.82 Å². The Labute approximate surface area is 197 Å². The Hall–Kier alpha value is -3.95. The number of hydrogen-bond donors (Lipinski definition) is 3. The molecule has 9 heteroatoms. The average molecular weight is 468 g/mol. The Balaban J connectivity index is 1.29. The summed E-state index contributed by atoms with van der Waals surface area (Å²) in [7, 11) is 0. The van der Waals surface area contributed by atoms with Crippen LogP contribution in [0.2, 0.25) is 0 Å². The van der Waals surface area contributed by atoms with Gasteiger partial charge >= 0.3 is 0 Å². The van der Waals surface area contributed by atoms with E-state index in [9.17, 15) is 0 Å². The van der Waals surface area contributed by atoms with E-state index >= 15 is 0 Å². The molecule has 0 saturated heterocycles. The minimum atomic E-state index is 0.541. The van der Waals surface area contributed by atoms with E-state index in [4.69, 9.17) is 9.97 Å². The fourth-order valence-electron chi connectivity index (χ4n) is 3.47. The van der Waals surface area contributed by atoms with E-state index in [1.807, 2.05) is 60.1 Å². The van der Waals surface area contributed by atoms with Crippen LogP contribution in [0.25, 0.3) is 21.1 Å². The van der Waals surface area contributed by atoms with E-state index in [0.29, 0.717) is 5.95 Å². The number of aromatic nitrogens is 5. The molecule has 0 spiro atoms. The van der Waals surface area contributed by atoms with Gasteiger partial charge in [-0.05, 0) is 60.0 Å². The smallest absolute Gasteiger partial charge is 0.229 e. The summed E-state index contributed by atoms with van der Waals surface area (Å²) in [6, 6.07) is 20.3. The number of nitrogens with one attached hydrogen (secondary N) is 3. The van der Waals surface area contributed by atoms with Gasteiger partial charge in [0.2, 0.25) is 5.95 Å². The van der Waals surface area contributed by atoms with Gasteiger partial charge in [0.05, 0.1) is 21.9 Å². The first-order valence-electron chi connectivity index (χ1n) is 10.2. The van der Waals surface area contributed by atoms with Crippen LogP contribution in [0, 0.1) is 0 Å². The summed E-state index contributed by atoms with van der Waals surface area (Å²) in [6.07, 6.45) is 5.41. The molecule has 0 unspecified atom stereocenters. The van der Waals surface area contributed by atoms with Crippen LogP contribution in [0.3, 0.4) is 0 Å². The third-order valence-electron chi connectivity index (χ3n) is 4.98. The van der Waals surface area contributed by atoms with E-state index in [0.717, 1.165) is 48.1 Å². The van der Waals surface area contributed by atoms with Crippen molar-refractivity contribution in [3.05, 3.63) is 84.6 Å². The maximum Gasteiger partial charge on any atom is 0.229 e. The molecule has 0 saturated carbocycles. The largest absolute Gasteiger partial charge is 0.339 e. The molecule has 0 aliphatic rings. The second-order valence-corrected chi connectivity index (χ2v) is 9.33. The summed E-state index contributed by atoms with van der Waals surface area (Å²) in [5.74, 6) is 1.31. The monoisotopic (exact) mass is 467 g/mol. The lowest BCUT2D eigenvalue weighted by Gasteiger charge is -2.11. The number of thiophene rings is 1. The maximum absolute atomic E-state index is 4.78. The molecule has 33 heavy (non-hydrogen) atoms. The fraction of sp³-hybridized carbons (Fsp3) is 0. The van der Waals surface area contributed by atoms with Crippen molar-refractivity contribution in [1.29, 1.82) is 0 Å². The molecule has 0 aliphatic carbocycles. The lowest BCUT2D eigenvalue weighted by atomic mass is 10.2. The van der Waals surface area contributed by atoms with Crippen molar-refractivity contribution < 1.29 is 0 Å². The van der Waals surface area contributed by atoms with Gasteiger partial charge < -0.3 is 10.6 Å². The van der Waals surface area contributed by atoms with Crippen molar-refractivity contribution in [3.63, 3.8) is 0 Å². The van der Waals surface area contributed by atoms with Gasteiger partial charge in [0, 0.05) is 38.9 Å². The summed E-state index contributed by atoms with van der Waals surface area (Å²) >= 11 is 3.30. The predicted molar refractivity (Wildman–Crippen MR) is 135 cm³/mol. The van der Waals surface area contributed by atoms with Crippen LogP contribution in [0.4, 0.5) is 23.1 Å². The second kappa shape index (κ2) is 8.53. The van der Waals surface area contributed by atoms with Crippen LogP contribution in [0.5, 0.6) is 0 Å². The highest BCUT2D eigenvalue weighted by Gasteiger charge is 2.11. The molecule has 4 aromatic heterocycles. The number of benzene rings is 2. The van der Waals surface area contributed by atoms with Crippen LogP contribution in [0.15, 0.2) is 94.4 Å². The van der Waals surface area contributed by atoms with Crippen molar-refractivity contribution >= 4 is 67.4 Å². The molecule has 0 atom stereocenters. The SMILES string of the molecule is c1cc(Nc2nc(Nc3ccc4[nH]ncc4c3)c3sccc3n2)cc(Sc2ccncc2)c1. The first-order chi connectivity index (χ1) is 16.3. The number of pyridine rings is 1. The molecule has 0 amide bonds. The fourth-order valence-corrected chi connectivity index (χ4v) is 5.11. The third kappa shape index (κ3) is 4.23. The molecule has 7 nitrogen and oxygen atoms in total. The minimum absolute atomic E-state index is 0.541. The van der Waals surface area contributed by atoms with Gasteiger partial charge in [-0.3, -0.25) is 10.1 Å². The first kappa shape index (κ1) is 19.7. The Kier molecular flexibility index (Phi) is 5.10. The normalized spacial score (nSPS) is 11.2. The molecule has 3 N–H and O–H groups in total. The molecule has 6 aromatic rings. The summed E-state index contributed by atoms with van der Waals surface area (Å²) in [6.45, 7) is 0. The summed E-state index contributed by atoms with van der Waals surface area (Å²) in [5.41, 5.74) is 3.76. The standard InChI is InChI=1S/C24H17N7S2/c1-2-16(13-19(3-1)33-18-6-9-25-10-7-18)28-24-29-21-8-11-32-22(21)23(30-24)27-17-4-5-20-15(12-17)14-26-31-20/h1-14H,(H,26,31)(H2,27,28,29,30). The third-order valence-corrected chi connectivity index (χ3v) is 6.89. The molecule has 0 bridgehead atoms. The topological polar surface area (TPSA) is 91.4 Å². The van der Waals surface area contributed by atoms with E-state index in [1.165, 1.54) is 0 Å². The quantitative estimate of drug-likeness (QED) is 0.254. The van der Waals surface area contributed by atoms with Crippen molar-refractivity contribution in [3.8, 4) is 0 Å². The van der Waals surface area contributed by atoms with Crippen LogP contribution in [-0.2, 0) is 0 Å². The highest BCUT2D eigenvalue weighted by atomic mass is 32.2. The van der Waals surface area contributed by atoms with Crippen molar-refractivity contribution in [2.45, 2.75) is 9.79 Å². The highest BCUT2D eigenvalue weighted by Crippen LogP contribution is 2.32. The maximum atomic E-state index is 4.78. The summed E-state index contributed by atoms with van der Waals surface area (Å²) in [4.78, 5) is 15.8. The second-order valence-electron chi connectivity index (χ2n) is 7.27. The van der Waals surface area contributed by atoms with E-state index < -0.39 is 0 Å². The van der Waals surface area contributed by atoms with E-state index in [2.05, 4.69) is 37.9 Å². The van der Waals surface area contributed by atoms with Gasteiger partial charge in [-0.15, -0.1) is 11.3 Å². The van der Waals surface area contributed by atoms with Crippen LogP contribution in [-0.4, -0.2) is 25.1 Å². The molecule has 0 fully saturated rings. The van der Waals surface area contributed by atoms with Crippen LogP contribution < -0.4 is 10.6 Å². The van der Waals surface area contributed by atoms with Gasteiger partial charge in [-0.2, -0.15) is 10.1 Å². The molecule has 4 heterocycles. The molecule has 160 valence electrons. The zero-order chi connectivity index (χ0) is 22.0. The zero-order valence-electron chi connectivity index (χ0n) is 17.2. The van der Waals surface area contributed by atoms with Gasteiger partial charge in [0.1, 0.15) is 0 Å². The molecule has 0 aliphatic heterocycles. The number of nitrogens with zero attached hydrogens (tertiary/aromatic N) is 4. The van der Waals surface area contributed by atoms with Crippen LogP contribution >= 0.6 is 23.1 Å². The summed E-state index contributed by atoms with van der Waals surface area (Å²) in [5, 5.41) is 17.0. The Morgan fingerprint density at radius 2 is 1.76 bits per heavy atom. The first-order valence-corrected chi connectivity index (χ1v) is 11.9. The van der Waals surface area contributed by atoms with E-state index in [1.54, 1.807) is 35.5 Å². The average Bonchev–Trinajstić information content (AvgIpc) is 3.49. The number of aromatic amines is 1. The summed E-state index contributed by atoms with van der Waals surface area (Å²) < 4.78 is 1.01.